The maximum absolute atomic E-state index is 13.3. The van der Waals surface area contributed by atoms with Gasteiger partial charge in [-0.15, -0.1) is 0 Å². The first-order chi connectivity index (χ1) is 15.4. The minimum atomic E-state index is -3.94. The number of amides is 1. The number of benzene rings is 3. The number of fused-ring (bicyclic) bond motifs is 1. The fourth-order valence-electron chi connectivity index (χ4n) is 4.02. The molecule has 0 aromatic heterocycles. The SMILES string of the molecule is COc1ccc(S(=O)(=O)N2CCCC2C(=O)Nc2cccc3c(O)cccc23)cc1OC. The second-order valence-corrected chi connectivity index (χ2v) is 9.35. The van der Waals surface area contributed by atoms with Crippen LogP contribution in [0.15, 0.2) is 59.5 Å². The highest BCUT2D eigenvalue weighted by atomic mass is 32.2. The van der Waals surface area contributed by atoms with E-state index >= 15 is 0 Å². The van der Waals surface area contributed by atoms with Crippen molar-refractivity contribution in [3.05, 3.63) is 54.6 Å². The third-order valence-electron chi connectivity index (χ3n) is 5.62. The highest BCUT2D eigenvalue weighted by molar-refractivity contribution is 7.89. The Hall–Kier alpha value is -3.30. The Labute approximate surface area is 186 Å². The number of nitrogens with zero attached hydrogens (tertiary/aromatic N) is 1. The van der Waals surface area contributed by atoms with E-state index in [9.17, 15) is 18.3 Å². The van der Waals surface area contributed by atoms with Crippen molar-refractivity contribution in [2.75, 3.05) is 26.1 Å². The highest BCUT2D eigenvalue weighted by Gasteiger charge is 2.40. The molecule has 4 rings (SSSR count). The summed E-state index contributed by atoms with van der Waals surface area (Å²) in [5.41, 5.74) is 0.513. The molecule has 0 spiro atoms. The first-order valence-electron chi connectivity index (χ1n) is 10.1. The summed E-state index contributed by atoms with van der Waals surface area (Å²) in [6.07, 6.45) is 0.981. The summed E-state index contributed by atoms with van der Waals surface area (Å²) in [7, 11) is -1.03. The van der Waals surface area contributed by atoms with Gasteiger partial charge in [0.2, 0.25) is 15.9 Å². The average molecular weight is 457 g/mol. The molecule has 8 nitrogen and oxygen atoms in total. The zero-order valence-electron chi connectivity index (χ0n) is 17.7. The molecule has 2 N–H and O–H groups in total. The van der Waals surface area contributed by atoms with Gasteiger partial charge in [0.15, 0.2) is 11.5 Å². The summed E-state index contributed by atoms with van der Waals surface area (Å²) in [6.45, 7) is 0.241. The van der Waals surface area contributed by atoms with Gasteiger partial charge in [-0.2, -0.15) is 4.31 Å². The zero-order valence-corrected chi connectivity index (χ0v) is 18.6. The monoisotopic (exact) mass is 456 g/mol. The Bertz CT molecular complexity index is 1270. The molecule has 1 amide bonds. The van der Waals surface area contributed by atoms with E-state index in [2.05, 4.69) is 5.32 Å². The lowest BCUT2D eigenvalue weighted by molar-refractivity contribution is -0.119. The number of hydrogen-bond acceptors (Lipinski definition) is 6. The number of nitrogens with one attached hydrogen (secondary N) is 1. The third kappa shape index (κ3) is 3.85. The van der Waals surface area contributed by atoms with E-state index in [0.717, 1.165) is 0 Å². The Morgan fingerprint density at radius 2 is 1.75 bits per heavy atom. The molecule has 1 aliphatic heterocycles. The van der Waals surface area contributed by atoms with Crippen LogP contribution >= 0.6 is 0 Å². The number of rotatable bonds is 6. The van der Waals surface area contributed by atoms with Crippen molar-refractivity contribution < 1.29 is 27.8 Å². The predicted molar refractivity (Wildman–Crippen MR) is 121 cm³/mol. The fraction of sp³-hybridized carbons (Fsp3) is 0.261. The second-order valence-electron chi connectivity index (χ2n) is 7.46. The summed E-state index contributed by atoms with van der Waals surface area (Å²) in [5.74, 6) is 0.408. The molecule has 32 heavy (non-hydrogen) atoms. The van der Waals surface area contributed by atoms with Gasteiger partial charge < -0.3 is 19.9 Å². The molecule has 1 aliphatic rings. The molecule has 9 heteroatoms. The van der Waals surface area contributed by atoms with Gasteiger partial charge in [-0.1, -0.05) is 24.3 Å². The number of carbonyl (C=O) groups excluding carboxylic acids is 1. The van der Waals surface area contributed by atoms with Gasteiger partial charge in [0.05, 0.1) is 19.1 Å². The van der Waals surface area contributed by atoms with Crippen LogP contribution in [0.25, 0.3) is 10.8 Å². The van der Waals surface area contributed by atoms with E-state index in [-0.39, 0.29) is 17.2 Å². The number of phenols is 1. The smallest absolute Gasteiger partial charge is 0.243 e. The maximum Gasteiger partial charge on any atom is 0.243 e. The predicted octanol–water partition coefficient (Wildman–Crippen LogP) is 3.35. The minimum absolute atomic E-state index is 0.0323. The lowest BCUT2D eigenvalue weighted by Crippen LogP contribution is -2.43. The molecule has 0 aliphatic carbocycles. The first-order valence-corrected chi connectivity index (χ1v) is 11.6. The van der Waals surface area contributed by atoms with Crippen molar-refractivity contribution >= 4 is 32.4 Å². The van der Waals surface area contributed by atoms with Crippen LogP contribution in [0.1, 0.15) is 12.8 Å². The number of anilines is 1. The molecule has 1 atom stereocenters. The van der Waals surface area contributed by atoms with Gasteiger partial charge in [0.25, 0.3) is 0 Å². The summed E-state index contributed by atoms with van der Waals surface area (Å²) >= 11 is 0. The van der Waals surface area contributed by atoms with Crippen molar-refractivity contribution in [3.63, 3.8) is 0 Å². The van der Waals surface area contributed by atoms with Gasteiger partial charge >= 0.3 is 0 Å². The van der Waals surface area contributed by atoms with Crippen LogP contribution in [0, 0.1) is 0 Å². The highest BCUT2D eigenvalue weighted by Crippen LogP contribution is 2.34. The molecule has 1 saturated heterocycles. The van der Waals surface area contributed by atoms with E-state index < -0.39 is 22.0 Å². The number of aromatic hydroxyl groups is 1. The average Bonchev–Trinajstić information content (AvgIpc) is 3.30. The van der Waals surface area contributed by atoms with E-state index in [1.807, 2.05) is 0 Å². The van der Waals surface area contributed by atoms with Crippen LogP contribution in [0.5, 0.6) is 17.2 Å². The van der Waals surface area contributed by atoms with E-state index in [1.54, 1.807) is 36.4 Å². The van der Waals surface area contributed by atoms with Crippen molar-refractivity contribution in [2.24, 2.45) is 0 Å². The largest absolute Gasteiger partial charge is 0.507 e. The van der Waals surface area contributed by atoms with Crippen LogP contribution in [-0.4, -0.2) is 50.5 Å². The normalized spacial score (nSPS) is 16.8. The Morgan fingerprint density at radius 1 is 1.03 bits per heavy atom. The van der Waals surface area contributed by atoms with Crippen molar-refractivity contribution in [1.29, 1.82) is 0 Å². The van der Waals surface area contributed by atoms with Crippen LogP contribution in [-0.2, 0) is 14.8 Å². The first kappa shape index (κ1) is 21.9. The van der Waals surface area contributed by atoms with Crippen molar-refractivity contribution in [2.45, 2.75) is 23.8 Å². The summed E-state index contributed by atoms with van der Waals surface area (Å²) < 4.78 is 38.3. The lowest BCUT2D eigenvalue weighted by Gasteiger charge is -2.24. The number of ether oxygens (including phenoxy) is 2. The number of phenolic OH excluding ortho intramolecular Hbond substituents is 1. The zero-order chi connectivity index (χ0) is 22.9. The van der Waals surface area contributed by atoms with Gasteiger partial charge in [0, 0.05) is 29.1 Å². The van der Waals surface area contributed by atoms with Gasteiger partial charge in [0.1, 0.15) is 11.8 Å². The molecular weight excluding hydrogens is 432 g/mol. The Balaban J connectivity index is 1.63. The van der Waals surface area contributed by atoms with Gasteiger partial charge in [-0.25, -0.2) is 8.42 Å². The fourth-order valence-corrected chi connectivity index (χ4v) is 5.69. The molecule has 168 valence electrons. The van der Waals surface area contributed by atoms with E-state index in [0.29, 0.717) is 40.8 Å². The molecule has 1 heterocycles. The third-order valence-corrected chi connectivity index (χ3v) is 7.53. The van der Waals surface area contributed by atoms with Crippen LogP contribution in [0.2, 0.25) is 0 Å². The van der Waals surface area contributed by atoms with E-state index in [1.165, 1.54) is 36.7 Å². The second kappa shape index (κ2) is 8.68. The van der Waals surface area contributed by atoms with Crippen LogP contribution in [0.4, 0.5) is 5.69 Å². The summed E-state index contributed by atoms with van der Waals surface area (Å²) in [4.78, 5) is 13.2. The molecular formula is C23H24N2O6S. The molecule has 1 fully saturated rings. The van der Waals surface area contributed by atoms with E-state index in [4.69, 9.17) is 9.47 Å². The quantitative estimate of drug-likeness (QED) is 0.589. The maximum atomic E-state index is 13.3. The number of methoxy groups -OCH3 is 2. The van der Waals surface area contributed by atoms with Crippen LogP contribution < -0.4 is 14.8 Å². The topological polar surface area (TPSA) is 105 Å². The Kier molecular flexibility index (Phi) is 5.94. The summed E-state index contributed by atoms with van der Waals surface area (Å²) in [6, 6.07) is 13.8. The van der Waals surface area contributed by atoms with Gasteiger partial charge in [-0.05, 0) is 37.1 Å². The molecule has 1 unspecified atom stereocenters. The molecule has 3 aromatic carbocycles. The molecule has 3 aromatic rings. The Morgan fingerprint density at radius 3 is 2.50 bits per heavy atom. The standard InChI is InChI=1S/C23H24N2O6S/c1-30-21-12-11-15(14-22(21)31-2)32(28,29)25-13-5-9-19(25)23(27)24-18-8-3-7-17-16(18)6-4-10-20(17)26/h3-4,6-8,10-12,14,19,26H,5,9,13H2,1-2H3,(H,24,27). The minimum Gasteiger partial charge on any atom is -0.507 e. The number of hydrogen-bond donors (Lipinski definition) is 2. The molecule has 0 saturated carbocycles. The van der Waals surface area contributed by atoms with Crippen molar-refractivity contribution in [3.8, 4) is 17.2 Å². The van der Waals surface area contributed by atoms with Crippen LogP contribution in [0.3, 0.4) is 0 Å². The summed E-state index contributed by atoms with van der Waals surface area (Å²) in [5, 5.41) is 14.2. The van der Waals surface area contributed by atoms with Gasteiger partial charge in [-0.3, -0.25) is 4.79 Å². The molecule has 0 radical (unpaired) electrons. The number of carbonyl (C=O) groups is 1. The number of sulfonamides is 1. The lowest BCUT2D eigenvalue weighted by atomic mass is 10.1. The molecule has 0 bridgehead atoms. The van der Waals surface area contributed by atoms with Crippen molar-refractivity contribution in [1.82, 2.24) is 4.31 Å².